The van der Waals surface area contributed by atoms with Crippen LogP contribution in [-0.2, 0) is 24.0 Å². The third-order valence-electron chi connectivity index (χ3n) is 8.87. The second-order valence-electron chi connectivity index (χ2n) is 12.1. The number of amides is 2. The van der Waals surface area contributed by atoms with Gasteiger partial charge < -0.3 is 10.4 Å². The number of rotatable bonds is 10. The molecule has 1 saturated heterocycles. The highest BCUT2D eigenvalue weighted by Crippen LogP contribution is 2.58. The van der Waals surface area contributed by atoms with E-state index in [-0.39, 0.29) is 83.8 Å². The first-order chi connectivity index (χ1) is 17.6. The Hall–Kier alpha value is -3.03. The Bertz CT molecular complexity index is 1070. The van der Waals surface area contributed by atoms with Crippen molar-refractivity contribution < 1.29 is 29.1 Å². The maximum absolute atomic E-state index is 13.3. The predicted molar refractivity (Wildman–Crippen MR) is 135 cm³/mol. The van der Waals surface area contributed by atoms with Crippen LogP contribution in [0.4, 0.5) is 0 Å². The number of Topliss-reactive ketones (excluding diaryl/α,β-unsaturated/α-hetero) is 2. The van der Waals surface area contributed by atoms with Crippen LogP contribution < -0.4 is 5.32 Å². The fourth-order valence-corrected chi connectivity index (χ4v) is 7.13. The van der Waals surface area contributed by atoms with Crippen molar-refractivity contribution >= 4 is 29.4 Å². The number of hydrogen-bond donors (Lipinski definition) is 2. The van der Waals surface area contributed by atoms with Crippen LogP contribution in [-0.4, -0.2) is 52.4 Å². The number of ketones is 2. The first kappa shape index (κ1) is 25.6. The summed E-state index contributed by atoms with van der Waals surface area (Å²) in [5.74, 6) is -1.03. The van der Waals surface area contributed by atoms with Crippen LogP contribution in [0.25, 0.3) is 0 Å². The lowest BCUT2D eigenvalue weighted by atomic mass is 9.50. The molecule has 1 aliphatic heterocycles. The Kier molecular flexibility index (Phi) is 6.71. The molecule has 2 amide bonds. The Morgan fingerprint density at radius 2 is 1.41 bits per heavy atom. The minimum absolute atomic E-state index is 0.0647. The monoisotopic (exact) mass is 508 g/mol. The van der Waals surface area contributed by atoms with Gasteiger partial charge in [-0.15, -0.1) is 0 Å². The molecule has 6 unspecified atom stereocenters. The number of nitrogens with zero attached hydrogens (tertiary/aromatic N) is 1. The minimum Gasteiger partial charge on any atom is -0.481 e. The molecule has 2 N–H and O–H groups in total. The SMILES string of the molecule is CC1(C)CC(=O)C(=C(CCCN2C(=O)C3C4C=CC(C5C=CC54)C3C2=O)NCCCCC(=O)O)C(=O)C1. The summed E-state index contributed by atoms with van der Waals surface area (Å²) in [6.45, 7) is 4.53. The quantitative estimate of drug-likeness (QED) is 0.153. The molecule has 8 nitrogen and oxygen atoms in total. The zero-order valence-corrected chi connectivity index (χ0v) is 21.6. The van der Waals surface area contributed by atoms with Crippen molar-refractivity contribution in [2.45, 2.75) is 58.8 Å². The molecule has 6 atom stereocenters. The van der Waals surface area contributed by atoms with Crippen molar-refractivity contribution in [3.63, 3.8) is 0 Å². The number of hydrogen-bond acceptors (Lipinski definition) is 6. The summed E-state index contributed by atoms with van der Waals surface area (Å²) in [5, 5.41) is 12.1. The van der Waals surface area contributed by atoms with E-state index in [1.165, 1.54) is 4.90 Å². The van der Waals surface area contributed by atoms with Crippen LogP contribution in [0.1, 0.15) is 58.8 Å². The number of allylic oxidation sites excluding steroid dienone is 6. The van der Waals surface area contributed by atoms with Crippen molar-refractivity contribution in [2.75, 3.05) is 13.1 Å². The molecule has 198 valence electrons. The number of likely N-dealkylation sites (tertiary alicyclic amines) is 1. The van der Waals surface area contributed by atoms with Gasteiger partial charge in [0.1, 0.15) is 0 Å². The molecule has 6 aliphatic rings. The molecule has 0 radical (unpaired) electrons. The van der Waals surface area contributed by atoms with Gasteiger partial charge >= 0.3 is 5.97 Å². The van der Waals surface area contributed by atoms with Crippen LogP contribution in [0.5, 0.6) is 0 Å². The molecular formula is C29H36N2O6. The van der Waals surface area contributed by atoms with Crippen molar-refractivity contribution in [1.82, 2.24) is 10.2 Å². The minimum atomic E-state index is -0.855. The molecule has 0 aromatic rings. The van der Waals surface area contributed by atoms with Crippen molar-refractivity contribution in [2.24, 2.45) is 40.9 Å². The van der Waals surface area contributed by atoms with Gasteiger partial charge in [0.25, 0.3) is 0 Å². The summed E-state index contributed by atoms with van der Waals surface area (Å²) in [4.78, 5) is 64.8. The molecular weight excluding hydrogens is 472 g/mol. The summed E-state index contributed by atoms with van der Waals surface area (Å²) in [6.07, 6.45) is 11.1. The third-order valence-corrected chi connectivity index (χ3v) is 8.87. The second-order valence-corrected chi connectivity index (χ2v) is 12.1. The maximum atomic E-state index is 13.3. The van der Waals surface area contributed by atoms with E-state index >= 15 is 0 Å². The number of carboxylic acid groups (broad SMARTS) is 1. The average Bonchev–Trinajstić information content (AvgIpc) is 3.03. The normalized spacial score (nSPS) is 32.9. The van der Waals surface area contributed by atoms with Gasteiger partial charge in [0.2, 0.25) is 11.8 Å². The van der Waals surface area contributed by atoms with Gasteiger partial charge in [-0.3, -0.25) is 28.9 Å². The number of imide groups is 1. The lowest BCUT2D eigenvalue weighted by Crippen LogP contribution is -2.50. The van der Waals surface area contributed by atoms with Crippen LogP contribution in [0.15, 0.2) is 35.6 Å². The van der Waals surface area contributed by atoms with Gasteiger partial charge in [0.05, 0.1) is 17.4 Å². The van der Waals surface area contributed by atoms with E-state index in [9.17, 15) is 24.0 Å². The lowest BCUT2D eigenvalue weighted by Gasteiger charge is -2.51. The Labute approximate surface area is 217 Å². The zero-order valence-electron chi connectivity index (χ0n) is 21.6. The lowest BCUT2D eigenvalue weighted by molar-refractivity contribution is -0.140. The topological polar surface area (TPSA) is 121 Å². The average molecular weight is 509 g/mol. The van der Waals surface area contributed by atoms with E-state index < -0.39 is 5.97 Å². The number of carbonyl (C=O) groups is 5. The zero-order chi connectivity index (χ0) is 26.5. The first-order valence-electron chi connectivity index (χ1n) is 13.6. The van der Waals surface area contributed by atoms with Gasteiger partial charge in [0.15, 0.2) is 11.6 Å². The van der Waals surface area contributed by atoms with Gasteiger partial charge in [0, 0.05) is 38.0 Å². The van der Waals surface area contributed by atoms with Crippen molar-refractivity contribution in [1.29, 1.82) is 0 Å². The largest absolute Gasteiger partial charge is 0.481 e. The Morgan fingerprint density at radius 3 is 1.92 bits per heavy atom. The maximum Gasteiger partial charge on any atom is 0.303 e. The fraction of sp³-hybridized carbons (Fsp3) is 0.621. The molecule has 3 fully saturated rings. The molecule has 2 bridgehead atoms. The third kappa shape index (κ3) is 4.59. The number of nitrogens with one attached hydrogen (secondary N) is 1. The number of carbonyl (C=O) groups excluding carboxylic acids is 4. The van der Waals surface area contributed by atoms with Crippen LogP contribution in [0, 0.1) is 40.9 Å². The molecule has 8 heteroatoms. The van der Waals surface area contributed by atoms with Crippen molar-refractivity contribution in [3.8, 4) is 0 Å². The van der Waals surface area contributed by atoms with E-state index in [1.807, 2.05) is 13.8 Å². The van der Waals surface area contributed by atoms with E-state index in [0.717, 1.165) is 0 Å². The summed E-state index contributed by atoms with van der Waals surface area (Å²) in [5.41, 5.74) is 0.382. The Balaban J connectivity index is 1.26. The van der Waals surface area contributed by atoms with E-state index in [4.69, 9.17) is 5.11 Å². The highest BCUT2D eigenvalue weighted by Gasteiger charge is 2.62. The summed E-state index contributed by atoms with van der Waals surface area (Å²) in [7, 11) is 0. The summed E-state index contributed by atoms with van der Waals surface area (Å²) >= 11 is 0. The molecule has 2 saturated carbocycles. The number of aliphatic carboxylic acids is 1. The van der Waals surface area contributed by atoms with E-state index in [0.29, 0.717) is 49.8 Å². The molecule has 6 rings (SSSR count). The van der Waals surface area contributed by atoms with Crippen molar-refractivity contribution in [3.05, 3.63) is 35.6 Å². The predicted octanol–water partition coefficient (Wildman–Crippen LogP) is 3.04. The standard InChI is InChI=1S/C29H36N2O6/c1-29(2)14-21(32)26(22(33)15-29)20(30-12-4-3-7-23(34)35)6-5-13-31-27(36)24-18-10-11-19(25(24)28(31)37)17-9-8-16(17)18/h8-11,16-19,24-25,30H,3-7,12-15H2,1-2H3,(H,34,35). The second kappa shape index (κ2) is 9.69. The van der Waals surface area contributed by atoms with E-state index in [2.05, 4.69) is 29.6 Å². The molecule has 5 aliphatic carbocycles. The molecule has 0 spiro atoms. The molecule has 0 aromatic heterocycles. The smallest absolute Gasteiger partial charge is 0.303 e. The van der Waals surface area contributed by atoms with Gasteiger partial charge in [-0.05, 0) is 54.8 Å². The fourth-order valence-electron chi connectivity index (χ4n) is 7.13. The summed E-state index contributed by atoms with van der Waals surface area (Å²) in [6, 6.07) is 0. The van der Waals surface area contributed by atoms with Gasteiger partial charge in [-0.2, -0.15) is 0 Å². The molecule has 37 heavy (non-hydrogen) atoms. The Morgan fingerprint density at radius 1 is 0.865 bits per heavy atom. The summed E-state index contributed by atoms with van der Waals surface area (Å²) < 4.78 is 0. The van der Waals surface area contributed by atoms with Gasteiger partial charge in [-0.25, -0.2) is 0 Å². The highest BCUT2D eigenvalue weighted by atomic mass is 16.4. The number of carboxylic acids is 1. The number of unbranched alkanes of at least 4 members (excludes halogenated alkanes) is 1. The van der Waals surface area contributed by atoms with E-state index in [1.54, 1.807) is 0 Å². The van der Waals surface area contributed by atoms with Crippen LogP contribution in [0.2, 0.25) is 0 Å². The van der Waals surface area contributed by atoms with Crippen LogP contribution in [0.3, 0.4) is 0 Å². The first-order valence-corrected chi connectivity index (χ1v) is 13.6. The van der Waals surface area contributed by atoms with Crippen LogP contribution >= 0.6 is 0 Å². The molecule has 0 aromatic carbocycles. The van der Waals surface area contributed by atoms with Gasteiger partial charge in [-0.1, -0.05) is 38.2 Å². The molecule has 1 heterocycles. The highest BCUT2D eigenvalue weighted by molar-refractivity contribution is 6.22.